The Morgan fingerprint density at radius 1 is 1.37 bits per heavy atom. The van der Waals surface area contributed by atoms with E-state index in [9.17, 15) is 0 Å². The van der Waals surface area contributed by atoms with Gasteiger partial charge in [0, 0.05) is 30.2 Å². The number of ether oxygens (including phenoxy) is 1. The molecule has 0 saturated carbocycles. The van der Waals surface area contributed by atoms with Gasteiger partial charge >= 0.3 is 0 Å². The van der Waals surface area contributed by atoms with Crippen molar-refractivity contribution in [3.63, 3.8) is 0 Å². The van der Waals surface area contributed by atoms with E-state index in [1.165, 1.54) is 23.1 Å². The fourth-order valence-corrected chi connectivity index (χ4v) is 3.02. The van der Waals surface area contributed by atoms with Crippen molar-refractivity contribution >= 4 is 0 Å². The van der Waals surface area contributed by atoms with Crippen molar-refractivity contribution in [2.24, 2.45) is 0 Å². The molecule has 0 aromatic heterocycles. The van der Waals surface area contributed by atoms with Crippen LogP contribution in [0.5, 0.6) is 5.75 Å². The molecule has 1 unspecified atom stereocenters. The van der Waals surface area contributed by atoms with Gasteiger partial charge in [-0.25, -0.2) is 0 Å². The fourth-order valence-electron chi connectivity index (χ4n) is 3.02. The summed E-state index contributed by atoms with van der Waals surface area (Å²) in [6.45, 7) is 10.7. The molecule has 0 bridgehead atoms. The lowest BCUT2D eigenvalue weighted by atomic mass is 10.0. The molecule has 0 radical (unpaired) electrons. The molecule has 1 fully saturated rings. The van der Waals surface area contributed by atoms with Gasteiger partial charge in [0.2, 0.25) is 0 Å². The summed E-state index contributed by atoms with van der Waals surface area (Å²) in [4.78, 5) is 0. The van der Waals surface area contributed by atoms with Crippen molar-refractivity contribution in [2.75, 3.05) is 13.7 Å². The average molecular weight is 262 g/mol. The highest BCUT2D eigenvalue weighted by Crippen LogP contribution is 2.25. The van der Waals surface area contributed by atoms with Crippen LogP contribution in [0.4, 0.5) is 0 Å². The molecule has 1 heterocycles. The van der Waals surface area contributed by atoms with Crippen LogP contribution in [-0.2, 0) is 6.54 Å². The second-order valence-electron chi connectivity index (χ2n) is 6.32. The molecule has 19 heavy (non-hydrogen) atoms. The molecule has 0 amide bonds. The second-order valence-corrected chi connectivity index (χ2v) is 6.32. The van der Waals surface area contributed by atoms with E-state index in [2.05, 4.69) is 50.5 Å². The Morgan fingerprint density at radius 2 is 2.11 bits per heavy atom. The van der Waals surface area contributed by atoms with Gasteiger partial charge in [-0.3, -0.25) is 0 Å². The van der Waals surface area contributed by atoms with E-state index in [4.69, 9.17) is 4.74 Å². The van der Waals surface area contributed by atoms with Gasteiger partial charge in [0.25, 0.3) is 0 Å². The predicted octanol–water partition coefficient (Wildman–Crippen LogP) is 2.54. The standard InChI is InChI=1S/C16H26N2O/c1-11-6-12(2)15(19-5)13(7-11)9-17-14-8-16(3,4)18-10-14/h6-7,14,17-18H,8-10H2,1-5H3. The summed E-state index contributed by atoms with van der Waals surface area (Å²) in [6.07, 6.45) is 1.17. The van der Waals surface area contributed by atoms with Crippen molar-refractivity contribution in [3.8, 4) is 5.75 Å². The van der Waals surface area contributed by atoms with Crippen LogP contribution in [0.2, 0.25) is 0 Å². The van der Waals surface area contributed by atoms with Crippen LogP contribution in [0.25, 0.3) is 0 Å². The molecular weight excluding hydrogens is 236 g/mol. The minimum absolute atomic E-state index is 0.254. The van der Waals surface area contributed by atoms with Crippen LogP contribution < -0.4 is 15.4 Å². The van der Waals surface area contributed by atoms with E-state index in [1.54, 1.807) is 7.11 Å². The normalized spacial score (nSPS) is 21.6. The van der Waals surface area contributed by atoms with Gasteiger partial charge in [0.05, 0.1) is 7.11 Å². The zero-order valence-electron chi connectivity index (χ0n) is 12.8. The average Bonchev–Trinajstić information content (AvgIpc) is 2.66. The molecule has 1 aliphatic rings. The maximum Gasteiger partial charge on any atom is 0.126 e. The Labute approximate surface area is 116 Å². The first kappa shape index (κ1) is 14.4. The smallest absolute Gasteiger partial charge is 0.126 e. The molecule has 1 saturated heterocycles. The Hall–Kier alpha value is -1.06. The van der Waals surface area contributed by atoms with Crippen molar-refractivity contribution in [3.05, 3.63) is 28.8 Å². The number of hydrogen-bond acceptors (Lipinski definition) is 3. The molecule has 1 aromatic carbocycles. The lowest BCUT2D eigenvalue weighted by molar-refractivity contribution is 0.401. The monoisotopic (exact) mass is 262 g/mol. The van der Waals surface area contributed by atoms with Gasteiger partial charge < -0.3 is 15.4 Å². The minimum Gasteiger partial charge on any atom is -0.496 e. The second kappa shape index (κ2) is 5.51. The van der Waals surface area contributed by atoms with E-state index < -0.39 is 0 Å². The van der Waals surface area contributed by atoms with Crippen LogP contribution >= 0.6 is 0 Å². The minimum atomic E-state index is 0.254. The van der Waals surface area contributed by atoms with Crippen molar-refractivity contribution in [2.45, 2.75) is 52.2 Å². The summed E-state index contributed by atoms with van der Waals surface area (Å²) in [5.41, 5.74) is 4.01. The fraction of sp³-hybridized carbons (Fsp3) is 0.625. The van der Waals surface area contributed by atoms with Crippen molar-refractivity contribution < 1.29 is 4.74 Å². The van der Waals surface area contributed by atoms with Gasteiger partial charge in [0.15, 0.2) is 0 Å². The predicted molar refractivity (Wildman–Crippen MR) is 79.8 cm³/mol. The first-order chi connectivity index (χ1) is 8.91. The van der Waals surface area contributed by atoms with E-state index in [1.807, 2.05) is 0 Å². The first-order valence-electron chi connectivity index (χ1n) is 7.04. The molecule has 2 N–H and O–H groups in total. The van der Waals surface area contributed by atoms with Crippen molar-refractivity contribution in [1.29, 1.82) is 0 Å². The zero-order chi connectivity index (χ0) is 14.0. The van der Waals surface area contributed by atoms with E-state index in [0.29, 0.717) is 6.04 Å². The highest BCUT2D eigenvalue weighted by atomic mass is 16.5. The first-order valence-corrected chi connectivity index (χ1v) is 7.04. The maximum absolute atomic E-state index is 5.53. The summed E-state index contributed by atoms with van der Waals surface area (Å²) >= 11 is 0. The third kappa shape index (κ3) is 3.48. The van der Waals surface area contributed by atoms with Gasteiger partial charge in [-0.05, 0) is 39.7 Å². The molecule has 106 valence electrons. The number of aryl methyl sites for hydroxylation is 2. The van der Waals surface area contributed by atoms with E-state index in [-0.39, 0.29) is 5.54 Å². The van der Waals surface area contributed by atoms with Gasteiger partial charge in [-0.2, -0.15) is 0 Å². The lowest BCUT2D eigenvalue weighted by Gasteiger charge is -2.18. The van der Waals surface area contributed by atoms with E-state index >= 15 is 0 Å². The Balaban J connectivity index is 2.04. The number of rotatable bonds is 4. The van der Waals surface area contributed by atoms with Gasteiger partial charge in [0.1, 0.15) is 5.75 Å². The molecule has 2 rings (SSSR count). The van der Waals surface area contributed by atoms with Crippen LogP contribution in [0.3, 0.4) is 0 Å². The largest absolute Gasteiger partial charge is 0.496 e. The highest BCUT2D eigenvalue weighted by molar-refractivity contribution is 5.43. The Bertz CT molecular complexity index is 454. The summed E-state index contributed by atoms with van der Waals surface area (Å²) in [6, 6.07) is 4.93. The summed E-state index contributed by atoms with van der Waals surface area (Å²) in [7, 11) is 1.75. The maximum atomic E-state index is 5.53. The Morgan fingerprint density at radius 3 is 2.68 bits per heavy atom. The molecule has 1 aliphatic heterocycles. The molecule has 3 nitrogen and oxygen atoms in total. The third-order valence-electron chi connectivity index (χ3n) is 3.86. The van der Waals surface area contributed by atoms with Gasteiger partial charge in [-0.15, -0.1) is 0 Å². The van der Waals surface area contributed by atoms with Crippen LogP contribution in [0.15, 0.2) is 12.1 Å². The van der Waals surface area contributed by atoms with Crippen LogP contribution in [0.1, 0.15) is 37.0 Å². The summed E-state index contributed by atoms with van der Waals surface area (Å²) in [5.74, 6) is 1.02. The molecular formula is C16H26N2O. The number of methoxy groups -OCH3 is 1. The quantitative estimate of drug-likeness (QED) is 0.875. The van der Waals surface area contributed by atoms with Crippen LogP contribution in [-0.4, -0.2) is 25.2 Å². The topological polar surface area (TPSA) is 33.3 Å². The van der Waals surface area contributed by atoms with E-state index in [0.717, 1.165) is 18.8 Å². The molecule has 3 heteroatoms. The number of nitrogens with one attached hydrogen (secondary N) is 2. The zero-order valence-corrected chi connectivity index (χ0v) is 12.8. The van der Waals surface area contributed by atoms with Crippen LogP contribution in [0, 0.1) is 13.8 Å². The number of hydrogen-bond donors (Lipinski definition) is 2. The summed E-state index contributed by atoms with van der Waals surface area (Å²) in [5, 5.41) is 7.18. The third-order valence-corrected chi connectivity index (χ3v) is 3.86. The SMILES string of the molecule is COc1c(C)cc(C)cc1CNC1CNC(C)(C)C1. The Kier molecular flexibility index (Phi) is 4.16. The molecule has 1 atom stereocenters. The van der Waals surface area contributed by atoms with Gasteiger partial charge in [-0.1, -0.05) is 17.7 Å². The molecule has 0 aliphatic carbocycles. The highest BCUT2D eigenvalue weighted by Gasteiger charge is 2.29. The lowest BCUT2D eigenvalue weighted by Crippen LogP contribution is -2.31. The molecule has 1 aromatic rings. The summed E-state index contributed by atoms with van der Waals surface area (Å²) < 4.78 is 5.53. The van der Waals surface area contributed by atoms with Crippen molar-refractivity contribution in [1.82, 2.24) is 10.6 Å². The molecule has 0 spiro atoms. The number of benzene rings is 1.